The fourth-order valence-electron chi connectivity index (χ4n) is 7.33. The minimum absolute atomic E-state index is 0.411. The molecule has 9 atom stereocenters. The Hall–Kier alpha value is -0.200. The highest BCUT2D eigenvalue weighted by Crippen LogP contribution is 2.43. The Morgan fingerprint density at radius 2 is 1.81 bits per heavy atom. The average molecular weight is 362 g/mol. The Bertz CT molecular complexity index is 557. The van der Waals surface area contributed by atoms with Crippen LogP contribution >= 0.6 is 0 Å². The van der Waals surface area contributed by atoms with E-state index in [0.29, 0.717) is 36.4 Å². The Morgan fingerprint density at radius 3 is 2.58 bits per heavy atom. The molecule has 0 spiro atoms. The number of likely N-dealkylation sites (tertiary alicyclic amines) is 1. The Labute approximate surface area is 158 Å². The molecule has 6 heterocycles. The van der Waals surface area contributed by atoms with Gasteiger partial charge < -0.3 is 14.4 Å². The normalized spacial score (nSPS) is 54.0. The lowest BCUT2D eigenvalue weighted by Gasteiger charge is -2.56. The number of rotatable bonds is 4. The van der Waals surface area contributed by atoms with Gasteiger partial charge in [0.05, 0.1) is 24.9 Å². The zero-order valence-electron chi connectivity index (χ0n) is 16.4. The number of fused-ring (bicyclic) bond motifs is 6. The fourth-order valence-corrected chi connectivity index (χ4v) is 7.33. The van der Waals surface area contributed by atoms with E-state index in [1.54, 1.807) is 0 Å². The van der Waals surface area contributed by atoms with E-state index in [0.717, 1.165) is 37.7 Å². The number of morpholine rings is 2. The Morgan fingerprint density at radius 1 is 0.923 bits per heavy atom. The third-order valence-electron chi connectivity index (χ3n) is 8.87. The first-order valence-electron chi connectivity index (χ1n) is 11.2. The molecule has 26 heavy (non-hydrogen) atoms. The molecule has 7 fully saturated rings. The van der Waals surface area contributed by atoms with Gasteiger partial charge in [0.15, 0.2) is 0 Å². The first kappa shape index (κ1) is 16.7. The van der Waals surface area contributed by atoms with Gasteiger partial charge in [0.25, 0.3) is 0 Å². The van der Waals surface area contributed by atoms with Crippen LogP contribution in [0.2, 0.25) is 0 Å². The average Bonchev–Trinajstić information content (AvgIpc) is 3.27. The summed E-state index contributed by atoms with van der Waals surface area (Å²) in [4.78, 5) is 8.24. The van der Waals surface area contributed by atoms with Crippen molar-refractivity contribution in [3.63, 3.8) is 0 Å². The van der Waals surface area contributed by atoms with Gasteiger partial charge in [-0.05, 0) is 58.4 Å². The first-order valence-corrected chi connectivity index (χ1v) is 11.2. The lowest BCUT2D eigenvalue weighted by molar-refractivity contribution is -0.117. The van der Waals surface area contributed by atoms with Crippen molar-refractivity contribution < 1.29 is 9.47 Å². The molecule has 0 aromatic heterocycles. The molecule has 0 aromatic rings. The van der Waals surface area contributed by atoms with Crippen molar-refractivity contribution in [2.75, 3.05) is 33.3 Å². The van der Waals surface area contributed by atoms with Gasteiger partial charge in [-0.15, -0.1) is 0 Å². The molecular weight excluding hydrogens is 326 g/mol. The lowest BCUT2D eigenvalue weighted by atomic mass is 9.72. The van der Waals surface area contributed by atoms with Crippen LogP contribution < -0.4 is 0 Å². The van der Waals surface area contributed by atoms with Crippen LogP contribution in [0.15, 0.2) is 0 Å². The van der Waals surface area contributed by atoms with Gasteiger partial charge >= 0.3 is 0 Å². The van der Waals surface area contributed by atoms with Gasteiger partial charge in [0, 0.05) is 49.8 Å². The SMILES string of the molecule is C[C@H]1OC2CC1N(CC1OCC3CCC1N3C[C@H]1CCC3CC1N3C)C2. The molecule has 1 aliphatic carbocycles. The molecule has 6 saturated heterocycles. The summed E-state index contributed by atoms with van der Waals surface area (Å²) in [5, 5.41) is 0. The van der Waals surface area contributed by atoms with Crippen LogP contribution in [0.5, 0.6) is 0 Å². The molecule has 7 unspecified atom stereocenters. The van der Waals surface area contributed by atoms with Crippen molar-refractivity contribution >= 4 is 0 Å². The zero-order chi connectivity index (χ0) is 17.4. The topological polar surface area (TPSA) is 28.2 Å². The second-order valence-corrected chi connectivity index (χ2v) is 10.0. The molecule has 0 aromatic carbocycles. The van der Waals surface area contributed by atoms with Gasteiger partial charge in [-0.25, -0.2) is 0 Å². The van der Waals surface area contributed by atoms with Gasteiger partial charge in [0.1, 0.15) is 0 Å². The summed E-state index contributed by atoms with van der Waals surface area (Å²) in [6.45, 7) is 6.79. The molecule has 7 aliphatic rings. The fraction of sp³-hybridized carbons (Fsp3) is 1.00. The minimum Gasteiger partial charge on any atom is -0.374 e. The van der Waals surface area contributed by atoms with Gasteiger partial charge in [-0.1, -0.05) is 0 Å². The van der Waals surface area contributed by atoms with E-state index < -0.39 is 0 Å². The first-order chi connectivity index (χ1) is 12.7. The minimum atomic E-state index is 0.411. The lowest BCUT2D eigenvalue weighted by Crippen LogP contribution is -2.64. The van der Waals surface area contributed by atoms with Crippen molar-refractivity contribution in [2.24, 2.45) is 5.92 Å². The summed E-state index contributed by atoms with van der Waals surface area (Å²) in [6, 6.07) is 3.75. The second-order valence-electron chi connectivity index (χ2n) is 10.0. The molecule has 0 amide bonds. The van der Waals surface area contributed by atoms with Crippen LogP contribution in [-0.2, 0) is 9.47 Å². The maximum atomic E-state index is 6.41. The smallest absolute Gasteiger partial charge is 0.0857 e. The predicted molar refractivity (Wildman–Crippen MR) is 100 cm³/mol. The second kappa shape index (κ2) is 6.15. The van der Waals surface area contributed by atoms with Crippen LogP contribution in [0.25, 0.3) is 0 Å². The summed E-state index contributed by atoms with van der Waals surface area (Å²) in [5.41, 5.74) is 0. The molecule has 6 bridgehead atoms. The van der Waals surface area contributed by atoms with E-state index in [1.165, 1.54) is 45.1 Å². The number of nitrogens with zero attached hydrogens (tertiary/aromatic N) is 3. The molecule has 1 saturated carbocycles. The predicted octanol–water partition coefficient (Wildman–Crippen LogP) is 1.56. The molecule has 0 N–H and O–H groups in total. The van der Waals surface area contributed by atoms with Crippen LogP contribution in [-0.4, -0.2) is 96.5 Å². The van der Waals surface area contributed by atoms with Gasteiger partial charge in [-0.3, -0.25) is 9.80 Å². The van der Waals surface area contributed by atoms with Crippen LogP contribution in [0.3, 0.4) is 0 Å². The maximum absolute atomic E-state index is 6.41. The molecule has 7 rings (SSSR count). The van der Waals surface area contributed by atoms with Crippen LogP contribution in [0.4, 0.5) is 0 Å². The number of ether oxygens (including phenoxy) is 2. The highest BCUT2D eigenvalue weighted by Gasteiger charge is 2.51. The van der Waals surface area contributed by atoms with E-state index in [4.69, 9.17) is 9.47 Å². The molecule has 146 valence electrons. The van der Waals surface area contributed by atoms with E-state index >= 15 is 0 Å². The molecule has 6 aliphatic heterocycles. The summed E-state index contributed by atoms with van der Waals surface area (Å²) in [6.07, 6.45) is 9.57. The Kier molecular flexibility index (Phi) is 3.96. The molecule has 5 nitrogen and oxygen atoms in total. The highest BCUT2D eigenvalue weighted by atomic mass is 16.5. The van der Waals surface area contributed by atoms with Gasteiger partial charge in [-0.2, -0.15) is 0 Å². The number of hydrogen-bond donors (Lipinski definition) is 0. The van der Waals surface area contributed by atoms with E-state index in [1.807, 2.05) is 0 Å². The molecule has 0 radical (unpaired) electrons. The van der Waals surface area contributed by atoms with Crippen molar-refractivity contribution in [3.8, 4) is 0 Å². The quantitative estimate of drug-likeness (QED) is 0.758. The van der Waals surface area contributed by atoms with Crippen molar-refractivity contribution in [1.82, 2.24) is 14.7 Å². The molecular formula is C21H35N3O2. The third kappa shape index (κ3) is 2.47. The summed E-state index contributed by atoms with van der Waals surface area (Å²) in [5.74, 6) is 0.892. The van der Waals surface area contributed by atoms with Crippen LogP contribution in [0.1, 0.15) is 45.4 Å². The van der Waals surface area contributed by atoms with Crippen LogP contribution in [0, 0.1) is 5.92 Å². The van der Waals surface area contributed by atoms with E-state index in [9.17, 15) is 0 Å². The third-order valence-corrected chi connectivity index (χ3v) is 8.87. The van der Waals surface area contributed by atoms with Crippen molar-refractivity contribution in [1.29, 1.82) is 0 Å². The van der Waals surface area contributed by atoms with Gasteiger partial charge in [0.2, 0.25) is 0 Å². The zero-order valence-corrected chi connectivity index (χ0v) is 16.4. The van der Waals surface area contributed by atoms with Crippen molar-refractivity contribution in [2.45, 2.75) is 94.0 Å². The maximum Gasteiger partial charge on any atom is 0.0857 e. The monoisotopic (exact) mass is 361 g/mol. The highest BCUT2D eigenvalue weighted by molar-refractivity contribution is 5.05. The van der Waals surface area contributed by atoms with E-state index in [-0.39, 0.29) is 0 Å². The number of hydrogen-bond acceptors (Lipinski definition) is 5. The molecule has 5 heteroatoms. The van der Waals surface area contributed by atoms with E-state index in [2.05, 4.69) is 28.7 Å². The standard InChI is InChI=1S/C21H35N3O2/c1-13-19-8-17(26-13)10-23(19)11-21-18-6-5-16(12-25-21)24(18)9-14-3-4-15-7-20(14)22(15)2/h13-21H,3-12H2,1-2H3/t13-,14-,15?,16?,17?,18?,19?,20?,21?/m1/s1. The summed E-state index contributed by atoms with van der Waals surface area (Å²) < 4.78 is 12.4. The Balaban J connectivity index is 1.13. The summed E-state index contributed by atoms with van der Waals surface area (Å²) >= 11 is 0. The largest absolute Gasteiger partial charge is 0.374 e. The van der Waals surface area contributed by atoms with Crippen molar-refractivity contribution in [3.05, 3.63) is 0 Å². The number of piperidine rings is 1. The summed E-state index contributed by atoms with van der Waals surface area (Å²) in [7, 11) is 2.35.